The number of para-hydroxylation sites is 3. The van der Waals surface area contributed by atoms with Crippen LogP contribution in [0.4, 0.5) is 13.2 Å². The number of fused-ring (bicyclic) bond motifs is 2. The Morgan fingerprint density at radius 3 is 1.70 bits per heavy atom. The highest BCUT2D eigenvalue weighted by Gasteiger charge is 2.34. The van der Waals surface area contributed by atoms with Crippen molar-refractivity contribution >= 4 is 22.1 Å². The topological polar surface area (TPSA) is 118 Å². The van der Waals surface area contributed by atoms with E-state index in [0.717, 1.165) is 62.3 Å². The Morgan fingerprint density at radius 1 is 0.551 bits per heavy atom. The van der Waals surface area contributed by atoms with Crippen LogP contribution in [0.3, 0.4) is 0 Å². The fourth-order valence-corrected chi connectivity index (χ4v) is 9.17. The van der Waals surface area contributed by atoms with Gasteiger partial charge in [0, 0.05) is 27.8 Å². The van der Waals surface area contributed by atoms with E-state index in [2.05, 4.69) is 16.9 Å². The van der Waals surface area contributed by atoms with Gasteiger partial charge in [0.2, 0.25) is 0 Å². The molecule has 0 fully saturated rings. The van der Waals surface area contributed by atoms with Crippen LogP contribution in [0.25, 0.3) is 78.2 Å². The number of nitrogens with zero attached hydrogens (tertiary/aromatic N) is 8. The summed E-state index contributed by atoms with van der Waals surface area (Å²) in [6.45, 7) is 5.75. The Kier molecular flexibility index (Phi) is 11.5. The molecule has 4 aromatic heterocycles. The Bertz CT molecular complexity index is 3640. The van der Waals surface area contributed by atoms with Crippen molar-refractivity contribution in [3.63, 3.8) is 0 Å². The Morgan fingerprint density at radius 2 is 1.07 bits per heavy atom. The predicted molar refractivity (Wildman–Crippen MR) is 262 cm³/mol. The van der Waals surface area contributed by atoms with Gasteiger partial charge < -0.3 is 4.74 Å². The van der Waals surface area contributed by atoms with E-state index in [1.54, 1.807) is 17.7 Å². The summed E-state index contributed by atoms with van der Waals surface area (Å²) >= 11 is 0. The number of benzene rings is 6. The molecule has 10 rings (SSSR count). The van der Waals surface area contributed by atoms with Crippen LogP contribution in [-0.4, -0.2) is 35.9 Å². The number of halogens is 3. The van der Waals surface area contributed by atoms with Gasteiger partial charge in [0.05, 0.1) is 56.0 Å². The first kappa shape index (κ1) is 44.0. The van der Waals surface area contributed by atoms with Gasteiger partial charge in [-0.15, -0.1) is 13.2 Å². The first-order chi connectivity index (χ1) is 33.5. The van der Waals surface area contributed by atoms with E-state index in [1.807, 2.05) is 152 Å². The molecule has 9 nitrogen and oxygen atoms in total. The molecule has 0 spiro atoms. The minimum Gasteiger partial charge on any atom is -0.405 e. The second-order valence-electron chi connectivity index (χ2n) is 16.7. The Balaban J connectivity index is 1.05. The molecule has 0 bridgehead atoms. The molecule has 12 heteroatoms. The third-order valence-corrected chi connectivity index (χ3v) is 12.4. The minimum absolute atomic E-state index is 0.0924. The SMILES string of the molecule is CCc1ccc(-c2nc3c(c(C)nn3-c3ccccc3CCc3ccc(-c4nc5c(c(C)nn5-c5ccccc5)c(-c5ccccc5)c4C#N)cc3)c(-c3ccccc3OC(F)(F)F)c2C#N)cc1. The van der Waals surface area contributed by atoms with Crippen molar-refractivity contribution in [2.75, 3.05) is 0 Å². The summed E-state index contributed by atoms with van der Waals surface area (Å²) in [5, 5.41) is 32.8. The molecule has 4 heterocycles. The van der Waals surface area contributed by atoms with Crippen LogP contribution in [0, 0.1) is 36.5 Å². The lowest BCUT2D eigenvalue weighted by Crippen LogP contribution is -2.17. The average molecular weight is 911 g/mol. The largest absolute Gasteiger partial charge is 0.573 e. The first-order valence-electron chi connectivity index (χ1n) is 22.4. The van der Waals surface area contributed by atoms with Crippen molar-refractivity contribution in [3.8, 4) is 74.0 Å². The van der Waals surface area contributed by atoms with E-state index in [4.69, 9.17) is 20.2 Å². The van der Waals surface area contributed by atoms with E-state index < -0.39 is 12.1 Å². The molecule has 69 heavy (non-hydrogen) atoms. The van der Waals surface area contributed by atoms with Crippen LogP contribution < -0.4 is 4.74 Å². The van der Waals surface area contributed by atoms with Gasteiger partial charge in [-0.3, -0.25) is 0 Å². The zero-order chi connectivity index (χ0) is 47.8. The van der Waals surface area contributed by atoms with Gasteiger partial charge >= 0.3 is 6.36 Å². The maximum atomic E-state index is 13.9. The van der Waals surface area contributed by atoms with Crippen molar-refractivity contribution in [2.45, 2.75) is 46.4 Å². The normalized spacial score (nSPS) is 11.5. The highest BCUT2D eigenvalue weighted by Crippen LogP contribution is 2.44. The van der Waals surface area contributed by atoms with Gasteiger partial charge in [-0.2, -0.15) is 20.7 Å². The number of aromatic nitrogens is 6. The summed E-state index contributed by atoms with van der Waals surface area (Å²) in [6, 6.07) is 53.9. The van der Waals surface area contributed by atoms with Crippen LogP contribution in [0.1, 0.15) is 46.1 Å². The third kappa shape index (κ3) is 8.23. The number of hydrogen-bond acceptors (Lipinski definition) is 7. The zero-order valence-electron chi connectivity index (χ0n) is 37.8. The van der Waals surface area contributed by atoms with Crippen molar-refractivity contribution in [1.29, 1.82) is 10.5 Å². The summed E-state index contributed by atoms with van der Waals surface area (Å²) in [4.78, 5) is 10.3. The molecule has 6 aromatic carbocycles. The van der Waals surface area contributed by atoms with Gasteiger partial charge in [-0.1, -0.05) is 140 Å². The van der Waals surface area contributed by atoms with Crippen LogP contribution in [0.2, 0.25) is 0 Å². The lowest BCUT2D eigenvalue weighted by molar-refractivity contribution is -0.274. The van der Waals surface area contributed by atoms with Gasteiger partial charge in [0.1, 0.15) is 17.9 Å². The second-order valence-corrected chi connectivity index (χ2v) is 16.7. The molecule has 0 saturated carbocycles. The smallest absolute Gasteiger partial charge is 0.405 e. The maximum absolute atomic E-state index is 13.9. The monoisotopic (exact) mass is 910 g/mol. The number of aryl methyl sites for hydroxylation is 5. The summed E-state index contributed by atoms with van der Waals surface area (Å²) in [5.41, 5.74) is 11.8. The molecule has 0 atom stereocenters. The highest BCUT2D eigenvalue weighted by molar-refractivity contribution is 6.03. The maximum Gasteiger partial charge on any atom is 0.573 e. The summed E-state index contributed by atoms with van der Waals surface area (Å²) in [7, 11) is 0. The van der Waals surface area contributed by atoms with E-state index >= 15 is 0 Å². The van der Waals surface area contributed by atoms with Crippen LogP contribution in [0.15, 0.2) is 158 Å². The Hall–Kier alpha value is -8.87. The average Bonchev–Trinajstić information content (AvgIpc) is 3.89. The summed E-state index contributed by atoms with van der Waals surface area (Å²) in [6.07, 6.45) is -2.95. The van der Waals surface area contributed by atoms with E-state index in [9.17, 15) is 23.7 Å². The molecule has 0 radical (unpaired) electrons. The quantitative estimate of drug-likeness (QED) is 0.127. The molecular formula is C57H41F3N8O. The Labute approximate surface area is 396 Å². The van der Waals surface area contributed by atoms with Gasteiger partial charge in [-0.25, -0.2) is 19.3 Å². The molecule has 10 aromatic rings. The van der Waals surface area contributed by atoms with Crippen LogP contribution >= 0.6 is 0 Å². The number of alkyl halides is 3. The summed E-state index contributed by atoms with van der Waals surface area (Å²) < 4.78 is 49.8. The second kappa shape index (κ2) is 18.1. The number of nitriles is 2. The van der Waals surface area contributed by atoms with Crippen LogP contribution in [-0.2, 0) is 19.3 Å². The van der Waals surface area contributed by atoms with Crippen molar-refractivity contribution in [1.82, 2.24) is 29.5 Å². The molecule has 0 aliphatic heterocycles. The van der Waals surface area contributed by atoms with E-state index in [-0.39, 0.29) is 16.7 Å². The van der Waals surface area contributed by atoms with Crippen molar-refractivity contribution in [2.24, 2.45) is 0 Å². The van der Waals surface area contributed by atoms with Crippen molar-refractivity contribution < 1.29 is 17.9 Å². The molecule has 0 saturated heterocycles. The zero-order valence-corrected chi connectivity index (χ0v) is 37.8. The number of rotatable bonds is 11. The lowest BCUT2D eigenvalue weighted by Gasteiger charge is -2.17. The van der Waals surface area contributed by atoms with E-state index in [1.165, 1.54) is 18.2 Å². The fourth-order valence-electron chi connectivity index (χ4n) is 9.17. The number of pyridine rings is 2. The predicted octanol–water partition coefficient (Wildman–Crippen LogP) is 13.4. The minimum atomic E-state index is -4.98. The number of ether oxygens (including phenoxy) is 1. The van der Waals surface area contributed by atoms with Crippen LogP contribution in [0.5, 0.6) is 5.75 Å². The summed E-state index contributed by atoms with van der Waals surface area (Å²) in [5.74, 6) is -0.439. The molecular weight excluding hydrogens is 870 g/mol. The lowest BCUT2D eigenvalue weighted by atomic mass is 9.92. The van der Waals surface area contributed by atoms with Gasteiger partial charge in [-0.05, 0) is 79.6 Å². The standard InChI is InChI=1S/C57H41F3N8O/c1-4-37-23-29-41(30-24-37)54-46(34-62)52(44-20-12-14-22-48(44)69-57(58,59)60)50-36(3)66-68(56(50)64-54)47-21-13-11-15-39(47)28-25-38-26-31-42(32-27-38)53-45(33-61)51(40-16-7-5-8-17-40)49-35(2)65-67(55(49)63-53)43-18-9-6-10-19-43/h5-24,26-27,29-32H,4,25,28H2,1-3H3. The fraction of sp³-hybridized carbons (Fsp3) is 0.123. The first-order valence-corrected chi connectivity index (χ1v) is 22.4. The molecule has 336 valence electrons. The van der Waals surface area contributed by atoms with Crippen molar-refractivity contribution in [3.05, 3.63) is 197 Å². The molecule has 0 N–H and O–H groups in total. The molecule has 0 amide bonds. The number of hydrogen-bond donors (Lipinski definition) is 0. The molecule has 0 aliphatic carbocycles. The molecule has 0 unspecified atom stereocenters. The van der Waals surface area contributed by atoms with Gasteiger partial charge in [0.25, 0.3) is 0 Å². The third-order valence-electron chi connectivity index (χ3n) is 12.4. The highest BCUT2D eigenvalue weighted by atomic mass is 19.4. The van der Waals surface area contributed by atoms with E-state index in [0.29, 0.717) is 57.7 Å². The molecule has 0 aliphatic rings. The van der Waals surface area contributed by atoms with Gasteiger partial charge in [0.15, 0.2) is 11.3 Å².